The van der Waals surface area contributed by atoms with Crippen LogP contribution in [-0.4, -0.2) is 35.4 Å². The molecule has 0 spiro atoms. The maximum absolute atomic E-state index is 13.2. The molecule has 1 aliphatic rings. The minimum Gasteiger partial charge on any atom is -0.342 e. The second-order valence-electron chi connectivity index (χ2n) is 8.33. The third-order valence-corrected chi connectivity index (χ3v) is 7.08. The molecule has 1 saturated heterocycles. The number of carbonyl (C=O) groups excluding carboxylic acids is 1. The van der Waals surface area contributed by atoms with Crippen molar-refractivity contribution >= 4 is 27.5 Å². The number of halogens is 1. The summed E-state index contributed by atoms with van der Waals surface area (Å²) in [5.41, 5.74) is 2.08. The highest BCUT2D eigenvalue weighted by Gasteiger charge is 2.26. The van der Waals surface area contributed by atoms with Gasteiger partial charge in [-0.25, -0.2) is 9.37 Å². The van der Waals surface area contributed by atoms with E-state index in [9.17, 15) is 9.18 Å². The minimum absolute atomic E-state index is 0.0230. The lowest BCUT2D eigenvalue weighted by atomic mass is 9.95. The Kier molecular flexibility index (Phi) is 6.44. The maximum atomic E-state index is 13.2. The number of amides is 1. The number of benzene rings is 2. The molecule has 6 heteroatoms. The van der Waals surface area contributed by atoms with E-state index in [1.165, 1.54) is 21.8 Å². The molecule has 1 N–H and O–H groups in total. The molecule has 0 aliphatic carbocycles. The Hall–Kier alpha value is -2.31. The van der Waals surface area contributed by atoms with Crippen LogP contribution < -0.4 is 5.32 Å². The van der Waals surface area contributed by atoms with Crippen molar-refractivity contribution in [2.24, 2.45) is 5.92 Å². The topological polar surface area (TPSA) is 45.2 Å². The number of likely N-dealkylation sites (tertiary alicyclic amines) is 1. The molecular weight excluding hydrogens is 397 g/mol. The fourth-order valence-corrected chi connectivity index (χ4v) is 5.29. The van der Waals surface area contributed by atoms with Gasteiger partial charge in [0.05, 0.1) is 21.8 Å². The molecule has 2 heterocycles. The van der Waals surface area contributed by atoms with E-state index >= 15 is 0 Å². The summed E-state index contributed by atoms with van der Waals surface area (Å²) in [6.07, 6.45) is 1.91. The number of para-hydroxylation sites is 1. The highest BCUT2D eigenvalue weighted by molar-refractivity contribution is 7.18. The number of rotatable bonds is 6. The summed E-state index contributed by atoms with van der Waals surface area (Å²) in [5, 5.41) is 4.58. The normalized spacial score (nSPS) is 16.3. The van der Waals surface area contributed by atoms with Crippen molar-refractivity contribution in [3.05, 3.63) is 64.9 Å². The van der Waals surface area contributed by atoms with Gasteiger partial charge in [0.25, 0.3) is 0 Å². The van der Waals surface area contributed by atoms with Gasteiger partial charge in [-0.15, -0.1) is 11.3 Å². The van der Waals surface area contributed by atoms with Crippen molar-refractivity contribution in [1.82, 2.24) is 15.2 Å². The summed E-state index contributed by atoms with van der Waals surface area (Å²) in [4.78, 5) is 19.5. The van der Waals surface area contributed by atoms with Crippen molar-refractivity contribution in [3.8, 4) is 0 Å². The Morgan fingerprint density at radius 2 is 1.87 bits per heavy atom. The van der Waals surface area contributed by atoms with E-state index in [1.54, 1.807) is 23.5 Å². The van der Waals surface area contributed by atoms with Gasteiger partial charge in [-0.1, -0.05) is 38.1 Å². The number of aromatic nitrogens is 1. The van der Waals surface area contributed by atoms with E-state index in [1.807, 2.05) is 11.0 Å². The van der Waals surface area contributed by atoms with Crippen LogP contribution in [0.3, 0.4) is 0 Å². The lowest BCUT2D eigenvalue weighted by molar-refractivity contribution is -0.131. The van der Waals surface area contributed by atoms with Gasteiger partial charge in [-0.3, -0.25) is 4.79 Å². The van der Waals surface area contributed by atoms with E-state index in [-0.39, 0.29) is 17.8 Å². The Bertz CT molecular complexity index is 960. The third kappa shape index (κ3) is 4.71. The molecule has 0 unspecified atom stereocenters. The lowest BCUT2D eigenvalue weighted by Crippen LogP contribution is -2.43. The predicted octanol–water partition coefficient (Wildman–Crippen LogP) is 5.13. The second-order valence-corrected chi connectivity index (χ2v) is 9.39. The standard InChI is InChI=1S/C24H28FN3OS/c1-16(2)23(17-7-9-19(25)10-8-17)26-15-22(29)28-13-11-18(12-14-28)24-27-20-5-3-4-6-21(20)30-24/h3-10,16,18,23,26H,11-15H2,1-2H3/t23-/m0/s1. The summed E-state index contributed by atoms with van der Waals surface area (Å²) < 4.78 is 14.5. The molecule has 30 heavy (non-hydrogen) atoms. The maximum Gasteiger partial charge on any atom is 0.236 e. The fraction of sp³-hybridized carbons (Fsp3) is 0.417. The highest BCUT2D eigenvalue weighted by atomic mass is 32.1. The van der Waals surface area contributed by atoms with Crippen LogP contribution in [0.4, 0.5) is 4.39 Å². The Labute approximate surface area is 181 Å². The molecule has 4 rings (SSSR count). The zero-order valence-corrected chi connectivity index (χ0v) is 18.3. The molecule has 1 fully saturated rings. The molecule has 0 bridgehead atoms. The molecule has 1 atom stereocenters. The number of hydrogen-bond donors (Lipinski definition) is 1. The summed E-state index contributed by atoms with van der Waals surface area (Å²) in [6.45, 7) is 6.05. The van der Waals surface area contributed by atoms with Crippen LogP contribution in [0.2, 0.25) is 0 Å². The molecule has 0 radical (unpaired) electrons. The zero-order chi connectivity index (χ0) is 21.1. The van der Waals surface area contributed by atoms with Crippen molar-refractivity contribution in [2.75, 3.05) is 19.6 Å². The van der Waals surface area contributed by atoms with Crippen LogP contribution >= 0.6 is 11.3 Å². The minimum atomic E-state index is -0.242. The van der Waals surface area contributed by atoms with Gasteiger partial charge < -0.3 is 10.2 Å². The van der Waals surface area contributed by atoms with Crippen LogP contribution in [0, 0.1) is 11.7 Å². The monoisotopic (exact) mass is 425 g/mol. The van der Waals surface area contributed by atoms with E-state index in [0.717, 1.165) is 37.0 Å². The second kappa shape index (κ2) is 9.23. The first-order chi connectivity index (χ1) is 14.5. The van der Waals surface area contributed by atoms with Crippen molar-refractivity contribution in [2.45, 2.75) is 38.6 Å². The summed E-state index contributed by atoms with van der Waals surface area (Å²) in [5.74, 6) is 0.619. The van der Waals surface area contributed by atoms with Crippen LogP contribution in [-0.2, 0) is 4.79 Å². The molecule has 3 aromatic rings. The number of nitrogens with one attached hydrogen (secondary N) is 1. The van der Waals surface area contributed by atoms with Crippen LogP contribution in [0.5, 0.6) is 0 Å². The zero-order valence-electron chi connectivity index (χ0n) is 17.5. The van der Waals surface area contributed by atoms with E-state index < -0.39 is 0 Å². The first-order valence-corrected chi connectivity index (χ1v) is 11.4. The van der Waals surface area contributed by atoms with Crippen molar-refractivity contribution in [3.63, 3.8) is 0 Å². The van der Waals surface area contributed by atoms with Crippen molar-refractivity contribution in [1.29, 1.82) is 0 Å². The SMILES string of the molecule is CC(C)[C@H](NCC(=O)N1CCC(c2nc3ccccc3s2)CC1)c1ccc(F)cc1. The summed E-state index contributed by atoms with van der Waals surface area (Å²) in [6, 6.07) is 14.8. The number of thiazole rings is 1. The number of carbonyl (C=O) groups is 1. The van der Waals surface area contributed by atoms with E-state index in [2.05, 4.69) is 37.4 Å². The number of piperidine rings is 1. The first-order valence-electron chi connectivity index (χ1n) is 10.6. The largest absolute Gasteiger partial charge is 0.342 e. The molecule has 1 amide bonds. The van der Waals surface area contributed by atoms with Crippen molar-refractivity contribution < 1.29 is 9.18 Å². The summed E-state index contributed by atoms with van der Waals surface area (Å²) >= 11 is 1.78. The first kappa shape index (κ1) is 20.9. The van der Waals surface area contributed by atoms with Crippen LogP contribution in [0.15, 0.2) is 48.5 Å². The summed E-state index contributed by atoms with van der Waals surface area (Å²) in [7, 11) is 0. The van der Waals surface area contributed by atoms with Gasteiger partial charge >= 0.3 is 0 Å². The molecule has 1 aromatic heterocycles. The van der Waals surface area contributed by atoms with Gasteiger partial charge in [0.15, 0.2) is 0 Å². The molecule has 2 aromatic carbocycles. The Balaban J connectivity index is 1.32. The number of nitrogens with zero attached hydrogens (tertiary/aromatic N) is 2. The predicted molar refractivity (Wildman–Crippen MR) is 120 cm³/mol. The van der Waals surface area contributed by atoms with Gasteiger partial charge in [-0.05, 0) is 48.6 Å². The Morgan fingerprint density at radius 1 is 1.17 bits per heavy atom. The molecule has 4 nitrogen and oxygen atoms in total. The Morgan fingerprint density at radius 3 is 2.53 bits per heavy atom. The van der Waals surface area contributed by atoms with Crippen LogP contribution in [0.1, 0.15) is 49.2 Å². The fourth-order valence-electron chi connectivity index (χ4n) is 4.16. The number of fused-ring (bicyclic) bond motifs is 1. The quantitative estimate of drug-likeness (QED) is 0.596. The average Bonchev–Trinajstić information content (AvgIpc) is 3.19. The third-order valence-electron chi connectivity index (χ3n) is 5.88. The van der Waals surface area contributed by atoms with Gasteiger partial charge in [0.2, 0.25) is 5.91 Å². The molecular formula is C24H28FN3OS. The van der Waals surface area contributed by atoms with Gasteiger partial charge in [0, 0.05) is 25.0 Å². The molecule has 0 saturated carbocycles. The van der Waals surface area contributed by atoms with Gasteiger partial charge in [-0.2, -0.15) is 0 Å². The lowest BCUT2D eigenvalue weighted by Gasteiger charge is -2.32. The van der Waals surface area contributed by atoms with E-state index in [0.29, 0.717) is 18.4 Å². The molecule has 1 aliphatic heterocycles. The smallest absolute Gasteiger partial charge is 0.236 e. The highest BCUT2D eigenvalue weighted by Crippen LogP contribution is 2.33. The average molecular weight is 426 g/mol. The van der Waals surface area contributed by atoms with E-state index in [4.69, 9.17) is 4.98 Å². The van der Waals surface area contributed by atoms with Gasteiger partial charge in [0.1, 0.15) is 5.82 Å². The number of hydrogen-bond acceptors (Lipinski definition) is 4. The van der Waals surface area contributed by atoms with Crippen LogP contribution in [0.25, 0.3) is 10.2 Å². The molecule has 158 valence electrons.